The predicted molar refractivity (Wildman–Crippen MR) is 87.3 cm³/mol. The van der Waals surface area contributed by atoms with Crippen molar-refractivity contribution in [1.82, 2.24) is 0 Å². The number of unbranched alkanes of at least 4 members (excludes halogenated alkanes) is 10. The molecule has 0 aromatic rings. The molecular weight excluding hydrogens is 264 g/mol. The Morgan fingerprint density at radius 3 is 1.67 bits per heavy atom. The molecule has 0 aliphatic rings. The van der Waals surface area contributed by atoms with Crippen molar-refractivity contribution in [3.05, 3.63) is 0 Å². The number of ketones is 1. The third kappa shape index (κ3) is 15.3. The molecular formula is C18H34O3. The van der Waals surface area contributed by atoms with E-state index in [0.717, 1.165) is 12.8 Å². The molecule has 0 unspecified atom stereocenters. The molecule has 0 aliphatic carbocycles. The Labute approximate surface area is 130 Å². The van der Waals surface area contributed by atoms with Crippen molar-refractivity contribution >= 4 is 11.8 Å². The Hall–Kier alpha value is -0.860. The Balaban J connectivity index is 3.15. The normalized spacial score (nSPS) is 10.6. The van der Waals surface area contributed by atoms with Gasteiger partial charge in [0.1, 0.15) is 12.2 Å². The van der Waals surface area contributed by atoms with Crippen LogP contribution in [0.1, 0.15) is 97.3 Å². The van der Waals surface area contributed by atoms with Gasteiger partial charge in [-0.3, -0.25) is 9.59 Å². The highest BCUT2D eigenvalue weighted by Gasteiger charge is 2.07. The lowest BCUT2D eigenvalue weighted by molar-refractivity contribution is -0.146. The van der Waals surface area contributed by atoms with Gasteiger partial charge in [-0.05, 0) is 6.42 Å². The van der Waals surface area contributed by atoms with Crippen molar-refractivity contribution in [2.45, 2.75) is 97.3 Å². The van der Waals surface area contributed by atoms with E-state index in [9.17, 15) is 9.59 Å². The van der Waals surface area contributed by atoms with Gasteiger partial charge in [-0.15, -0.1) is 0 Å². The van der Waals surface area contributed by atoms with E-state index in [-0.39, 0.29) is 18.2 Å². The smallest absolute Gasteiger partial charge is 0.313 e. The topological polar surface area (TPSA) is 43.4 Å². The SMILES string of the molecule is CCCCCCCCCCCCCOC(=O)CC(=O)CC. The van der Waals surface area contributed by atoms with Crippen LogP contribution in [0.15, 0.2) is 0 Å². The van der Waals surface area contributed by atoms with Gasteiger partial charge in [0.2, 0.25) is 0 Å². The molecule has 21 heavy (non-hydrogen) atoms. The zero-order valence-corrected chi connectivity index (χ0v) is 14.1. The Morgan fingerprint density at radius 2 is 1.19 bits per heavy atom. The second kappa shape index (κ2) is 15.5. The van der Waals surface area contributed by atoms with Gasteiger partial charge in [0.25, 0.3) is 0 Å². The average Bonchev–Trinajstić information content (AvgIpc) is 2.48. The molecule has 0 fully saturated rings. The molecule has 0 saturated carbocycles. The van der Waals surface area contributed by atoms with Crippen molar-refractivity contribution in [3.8, 4) is 0 Å². The first-order valence-corrected chi connectivity index (χ1v) is 8.88. The maximum absolute atomic E-state index is 11.3. The van der Waals surface area contributed by atoms with Crippen LogP contribution in [0.4, 0.5) is 0 Å². The summed E-state index contributed by atoms with van der Waals surface area (Å²) in [6.07, 6.45) is 14.4. The summed E-state index contributed by atoms with van der Waals surface area (Å²) in [5.41, 5.74) is 0. The maximum atomic E-state index is 11.3. The molecule has 0 bridgehead atoms. The van der Waals surface area contributed by atoms with Crippen molar-refractivity contribution in [2.24, 2.45) is 0 Å². The number of Topliss-reactive ketones (excluding diaryl/α,β-unsaturated/α-hetero) is 1. The number of carbonyl (C=O) groups is 2. The fourth-order valence-corrected chi connectivity index (χ4v) is 2.29. The largest absolute Gasteiger partial charge is 0.465 e. The molecule has 0 radical (unpaired) electrons. The second-order valence-electron chi connectivity index (χ2n) is 5.83. The van der Waals surface area contributed by atoms with E-state index in [1.54, 1.807) is 6.92 Å². The van der Waals surface area contributed by atoms with Crippen LogP contribution >= 0.6 is 0 Å². The third-order valence-electron chi connectivity index (χ3n) is 3.75. The fraction of sp³-hybridized carbons (Fsp3) is 0.889. The van der Waals surface area contributed by atoms with E-state index in [1.165, 1.54) is 57.8 Å². The van der Waals surface area contributed by atoms with Gasteiger partial charge in [0, 0.05) is 6.42 Å². The summed E-state index contributed by atoms with van der Waals surface area (Å²) in [7, 11) is 0. The summed E-state index contributed by atoms with van der Waals surface area (Å²) >= 11 is 0. The number of rotatable bonds is 15. The van der Waals surface area contributed by atoms with Crippen molar-refractivity contribution < 1.29 is 14.3 Å². The van der Waals surface area contributed by atoms with Gasteiger partial charge in [0.05, 0.1) is 6.61 Å². The average molecular weight is 298 g/mol. The molecule has 0 rings (SSSR count). The first-order chi connectivity index (χ1) is 10.2. The first-order valence-electron chi connectivity index (χ1n) is 8.88. The van der Waals surface area contributed by atoms with E-state index in [2.05, 4.69) is 6.92 Å². The van der Waals surface area contributed by atoms with E-state index in [0.29, 0.717) is 13.0 Å². The minimum atomic E-state index is -0.367. The standard InChI is InChI=1S/C18H34O3/c1-3-5-6-7-8-9-10-11-12-13-14-15-21-18(20)16-17(19)4-2/h3-16H2,1-2H3. The molecule has 0 N–H and O–H groups in total. The van der Waals surface area contributed by atoms with Gasteiger partial charge < -0.3 is 4.74 Å². The highest BCUT2D eigenvalue weighted by atomic mass is 16.5. The van der Waals surface area contributed by atoms with Crippen LogP contribution in [-0.4, -0.2) is 18.4 Å². The van der Waals surface area contributed by atoms with Crippen LogP contribution in [0.3, 0.4) is 0 Å². The van der Waals surface area contributed by atoms with Gasteiger partial charge >= 0.3 is 5.97 Å². The molecule has 124 valence electrons. The lowest BCUT2D eigenvalue weighted by atomic mass is 10.1. The zero-order valence-electron chi connectivity index (χ0n) is 14.1. The lowest BCUT2D eigenvalue weighted by Crippen LogP contribution is -2.11. The van der Waals surface area contributed by atoms with E-state index < -0.39 is 0 Å². The van der Waals surface area contributed by atoms with Crippen LogP contribution in [0, 0.1) is 0 Å². The van der Waals surface area contributed by atoms with E-state index in [1.807, 2.05) is 0 Å². The van der Waals surface area contributed by atoms with Gasteiger partial charge in [-0.25, -0.2) is 0 Å². The summed E-state index contributed by atoms with van der Waals surface area (Å²) in [5.74, 6) is -0.409. The number of hydrogen-bond acceptors (Lipinski definition) is 3. The van der Waals surface area contributed by atoms with Gasteiger partial charge in [-0.2, -0.15) is 0 Å². The molecule has 0 atom stereocenters. The monoisotopic (exact) mass is 298 g/mol. The quantitative estimate of drug-likeness (QED) is 0.237. The number of hydrogen-bond donors (Lipinski definition) is 0. The lowest BCUT2D eigenvalue weighted by Gasteiger charge is -2.04. The number of carbonyl (C=O) groups excluding carboxylic acids is 2. The second-order valence-corrected chi connectivity index (χ2v) is 5.83. The molecule has 0 heterocycles. The highest BCUT2D eigenvalue weighted by molar-refractivity contribution is 5.95. The summed E-state index contributed by atoms with van der Waals surface area (Å²) < 4.78 is 5.04. The molecule has 0 aromatic carbocycles. The molecule has 0 aromatic heterocycles. The first kappa shape index (κ1) is 20.1. The van der Waals surface area contributed by atoms with Crippen molar-refractivity contribution in [2.75, 3.05) is 6.61 Å². The van der Waals surface area contributed by atoms with Crippen LogP contribution in [0.5, 0.6) is 0 Å². The minimum absolute atomic E-state index is 0.0427. The minimum Gasteiger partial charge on any atom is -0.465 e. The molecule has 3 nitrogen and oxygen atoms in total. The van der Waals surface area contributed by atoms with Crippen LogP contribution in [-0.2, 0) is 14.3 Å². The molecule has 0 amide bonds. The zero-order chi connectivity index (χ0) is 15.8. The fourth-order valence-electron chi connectivity index (χ4n) is 2.29. The summed E-state index contributed by atoms with van der Waals surface area (Å²) in [5, 5.41) is 0. The van der Waals surface area contributed by atoms with E-state index in [4.69, 9.17) is 4.74 Å². The van der Waals surface area contributed by atoms with E-state index >= 15 is 0 Å². The number of esters is 1. The van der Waals surface area contributed by atoms with Crippen molar-refractivity contribution in [3.63, 3.8) is 0 Å². The summed E-state index contributed by atoms with van der Waals surface area (Å²) in [6, 6.07) is 0. The molecule has 0 spiro atoms. The summed E-state index contributed by atoms with van der Waals surface area (Å²) in [4.78, 5) is 22.3. The van der Waals surface area contributed by atoms with Crippen molar-refractivity contribution in [1.29, 1.82) is 0 Å². The Morgan fingerprint density at radius 1 is 0.714 bits per heavy atom. The van der Waals surface area contributed by atoms with Crippen LogP contribution < -0.4 is 0 Å². The third-order valence-corrected chi connectivity index (χ3v) is 3.75. The molecule has 0 aliphatic heterocycles. The van der Waals surface area contributed by atoms with Crippen LogP contribution in [0.2, 0.25) is 0 Å². The summed E-state index contributed by atoms with van der Waals surface area (Å²) in [6.45, 7) is 4.48. The van der Waals surface area contributed by atoms with Gasteiger partial charge in [0.15, 0.2) is 0 Å². The predicted octanol–water partition coefficient (Wildman–Crippen LogP) is 5.21. The van der Waals surface area contributed by atoms with Gasteiger partial charge in [-0.1, -0.05) is 78.1 Å². The Kier molecular flexibility index (Phi) is 14.9. The highest BCUT2D eigenvalue weighted by Crippen LogP contribution is 2.11. The number of ether oxygens (including phenoxy) is 1. The molecule has 0 saturated heterocycles. The maximum Gasteiger partial charge on any atom is 0.313 e. The Bertz CT molecular complexity index is 261. The molecule has 3 heteroatoms. The van der Waals surface area contributed by atoms with Crippen LogP contribution in [0.25, 0.3) is 0 Å².